The van der Waals surface area contributed by atoms with E-state index < -0.39 is 33.4 Å². The van der Waals surface area contributed by atoms with E-state index >= 15 is 0 Å². The highest BCUT2D eigenvalue weighted by molar-refractivity contribution is 7.92. The number of non-ortho nitro benzene ring substituents is 1. The fraction of sp³-hybridized carbons (Fsp3) is 0.417. The minimum Gasteiger partial charge on any atom is -0.354 e. The fourth-order valence-electron chi connectivity index (χ4n) is 3.50. The quantitative estimate of drug-likeness (QED) is 0.324. The molecule has 0 heterocycles. The molecule has 0 unspecified atom stereocenters. The molecule has 0 aliphatic heterocycles. The van der Waals surface area contributed by atoms with Crippen LogP contribution in [0.15, 0.2) is 48.5 Å². The number of halogens is 1. The summed E-state index contributed by atoms with van der Waals surface area (Å²) in [7, 11) is -4.00. The van der Waals surface area contributed by atoms with E-state index in [1.807, 2.05) is 13.8 Å². The third-order valence-corrected chi connectivity index (χ3v) is 6.74. The second-order valence-corrected chi connectivity index (χ2v) is 11.1. The lowest BCUT2D eigenvalue weighted by Crippen LogP contribution is -2.52. The number of hydrogen-bond donors (Lipinski definition) is 1. The van der Waals surface area contributed by atoms with Crippen molar-refractivity contribution >= 4 is 44.8 Å². The molecule has 0 radical (unpaired) electrons. The van der Waals surface area contributed by atoms with Crippen molar-refractivity contribution in [1.29, 1.82) is 0 Å². The van der Waals surface area contributed by atoms with Crippen LogP contribution in [0.1, 0.15) is 32.8 Å². The van der Waals surface area contributed by atoms with Crippen molar-refractivity contribution < 1.29 is 22.9 Å². The van der Waals surface area contributed by atoms with E-state index in [9.17, 15) is 28.1 Å². The van der Waals surface area contributed by atoms with Gasteiger partial charge in [-0.1, -0.05) is 50.6 Å². The molecule has 2 aromatic rings. The number of hydrogen-bond acceptors (Lipinski definition) is 6. The van der Waals surface area contributed by atoms with E-state index in [1.165, 1.54) is 23.1 Å². The molecule has 2 amide bonds. The zero-order valence-corrected chi connectivity index (χ0v) is 22.3. The summed E-state index contributed by atoms with van der Waals surface area (Å²) in [5.74, 6) is -0.787. The second kappa shape index (κ2) is 12.7. The Bertz CT molecular complexity index is 1190. The molecule has 1 N–H and O–H groups in total. The number of benzene rings is 2. The van der Waals surface area contributed by atoms with E-state index in [1.54, 1.807) is 31.2 Å². The first-order valence-corrected chi connectivity index (χ1v) is 13.6. The van der Waals surface area contributed by atoms with E-state index in [0.29, 0.717) is 23.6 Å². The van der Waals surface area contributed by atoms with Crippen LogP contribution in [0.3, 0.4) is 0 Å². The van der Waals surface area contributed by atoms with Crippen LogP contribution in [-0.2, 0) is 26.2 Å². The molecule has 0 saturated heterocycles. The predicted molar refractivity (Wildman–Crippen MR) is 139 cm³/mol. The van der Waals surface area contributed by atoms with Crippen LogP contribution in [0.2, 0.25) is 5.02 Å². The molecular formula is C24H31ClN4O6S. The average Bonchev–Trinajstić information content (AvgIpc) is 2.81. The van der Waals surface area contributed by atoms with Gasteiger partial charge in [-0.25, -0.2) is 8.42 Å². The molecule has 0 aliphatic carbocycles. The van der Waals surface area contributed by atoms with Gasteiger partial charge >= 0.3 is 0 Å². The van der Waals surface area contributed by atoms with Gasteiger partial charge in [-0.3, -0.25) is 24.0 Å². The maximum Gasteiger partial charge on any atom is 0.271 e. The Hall–Kier alpha value is -3.18. The summed E-state index contributed by atoms with van der Waals surface area (Å²) in [6.45, 7) is 5.47. The number of rotatable bonds is 12. The molecule has 0 bridgehead atoms. The molecule has 0 spiro atoms. The number of carbonyl (C=O) groups is 2. The van der Waals surface area contributed by atoms with Crippen LogP contribution in [0.25, 0.3) is 0 Å². The Balaban J connectivity index is 2.45. The predicted octanol–water partition coefficient (Wildman–Crippen LogP) is 3.59. The summed E-state index contributed by atoms with van der Waals surface area (Å²) < 4.78 is 26.0. The number of nitrogens with one attached hydrogen (secondary N) is 1. The van der Waals surface area contributed by atoms with E-state index in [4.69, 9.17) is 11.6 Å². The van der Waals surface area contributed by atoms with E-state index in [0.717, 1.165) is 16.6 Å². The first-order chi connectivity index (χ1) is 16.8. The van der Waals surface area contributed by atoms with Gasteiger partial charge in [0.1, 0.15) is 12.6 Å². The lowest BCUT2D eigenvalue weighted by atomic mass is 10.1. The maximum atomic E-state index is 13.6. The molecule has 10 nitrogen and oxygen atoms in total. The minimum absolute atomic E-state index is 0.0243. The van der Waals surface area contributed by atoms with Gasteiger partial charge in [-0.15, -0.1) is 0 Å². The van der Waals surface area contributed by atoms with Gasteiger partial charge in [0.15, 0.2) is 0 Å². The molecule has 0 aromatic heterocycles. The van der Waals surface area contributed by atoms with Crippen LogP contribution >= 0.6 is 11.6 Å². The third-order valence-electron chi connectivity index (χ3n) is 5.34. The van der Waals surface area contributed by atoms with E-state index in [-0.39, 0.29) is 29.7 Å². The minimum atomic E-state index is -4.00. The van der Waals surface area contributed by atoms with Gasteiger partial charge in [-0.2, -0.15) is 0 Å². The third kappa shape index (κ3) is 8.20. The van der Waals surface area contributed by atoms with Gasteiger partial charge in [0.25, 0.3) is 5.69 Å². The molecular weight excluding hydrogens is 508 g/mol. The normalized spacial score (nSPS) is 12.2. The molecule has 12 heteroatoms. The second-order valence-electron chi connectivity index (χ2n) is 8.76. The monoisotopic (exact) mass is 538 g/mol. The summed E-state index contributed by atoms with van der Waals surface area (Å²) in [5, 5.41) is 14.5. The van der Waals surface area contributed by atoms with Crippen LogP contribution in [0.5, 0.6) is 0 Å². The summed E-state index contributed by atoms with van der Waals surface area (Å²) >= 11 is 5.98. The lowest BCUT2D eigenvalue weighted by Gasteiger charge is -2.33. The van der Waals surface area contributed by atoms with Crippen molar-refractivity contribution in [2.75, 3.05) is 23.7 Å². The molecule has 2 rings (SSSR count). The zero-order valence-electron chi connectivity index (χ0n) is 20.7. The van der Waals surface area contributed by atoms with Gasteiger partial charge in [0, 0.05) is 30.2 Å². The van der Waals surface area contributed by atoms with Gasteiger partial charge in [0.05, 0.1) is 16.9 Å². The largest absolute Gasteiger partial charge is 0.354 e. The standard InChI is InChI=1S/C24H31ClN4O6S/c1-5-22(24(31)26-14-17(2)3)27(15-18-9-11-19(25)12-10-18)23(30)16-28(36(4,34)35)20-7-6-8-21(13-20)29(32)33/h6-13,17,22H,5,14-16H2,1-4H3,(H,26,31)/t22-/m1/s1. The number of amides is 2. The number of anilines is 1. The molecule has 0 saturated carbocycles. The number of nitro benzene ring substituents is 1. The average molecular weight is 539 g/mol. The van der Waals surface area contributed by atoms with E-state index in [2.05, 4.69) is 5.32 Å². The lowest BCUT2D eigenvalue weighted by molar-refractivity contribution is -0.384. The maximum absolute atomic E-state index is 13.6. The Morgan fingerprint density at radius 3 is 2.31 bits per heavy atom. The SMILES string of the molecule is CC[C@H](C(=O)NCC(C)C)N(Cc1ccc(Cl)cc1)C(=O)CN(c1cccc([N+](=O)[O-])c1)S(C)(=O)=O. The van der Waals surface area contributed by atoms with Crippen molar-refractivity contribution in [2.24, 2.45) is 5.92 Å². The van der Waals surface area contributed by atoms with Crippen LogP contribution in [0.4, 0.5) is 11.4 Å². The molecule has 0 aliphatic rings. The van der Waals surface area contributed by atoms with Gasteiger partial charge in [-0.05, 0) is 36.1 Å². The zero-order chi connectivity index (χ0) is 27.0. The van der Waals surface area contributed by atoms with Crippen molar-refractivity contribution in [3.63, 3.8) is 0 Å². The topological polar surface area (TPSA) is 130 Å². The Morgan fingerprint density at radius 1 is 1.14 bits per heavy atom. The summed E-state index contributed by atoms with van der Waals surface area (Å²) in [6, 6.07) is 10.9. The Labute approximate surface area is 216 Å². The van der Waals surface area contributed by atoms with Crippen LogP contribution < -0.4 is 9.62 Å². The highest BCUT2D eigenvalue weighted by atomic mass is 35.5. The highest BCUT2D eigenvalue weighted by Gasteiger charge is 2.32. The number of nitrogens with zero attached hydrogens (tertiary/aromatic N) is 3. The van der Waals surface area contributed by atoms with Crippen molar-refractivity contribution in [1.82, 2.24) is 10.2 Å². The Kier molecular flexibility index (Phi) is 10.2. The Morgan fingerprint density at radius 2 is 1.78 bits per heavy atom. The fourth-order valence-corrected chi connectivity index (χ4v) is 4.47. The number of sulfonamides is 1. The number of carbonyl (C=O) groups excluding carboxylic acids is 2. The first-order valence-electron chi connectivity index (χ1n) is 11.4. The molecule has 196 valence electrons. The van der Waals surface area contributed by atoms with Gasteiger partial charge in [0.2, 0.25) is 21.8 Å². The van der Waals surface area contributed by atoms with Crippen molar-refractivity contribution in [2.45, 2.75) is 39.8 Å². The smallest absolute Gasteiger partial charge is 0.271 e. The van der Waals surface area contributed by atoms with Crippen molar-refractivity contribution in [3.8, 4) is 0 Å². The van der Waals surface area contributed by atoms with Gasteiger partial charge < -0.3 is 10.2 Å². The van der Waals surface area contributed by atoms with Crippen molar-refractivity contribution in [3.05, 3.63) is 69.2 Å². The molecule has 0 fully saturated rings. The number of nitro groups is 1. The summed E-state index contributed by atoms with van der Waals surface area (Å²) in [4.78, 5) is 38.5. The summed E-state index contributed by atoms with van der Waals surface area (Å²) in [6.07, 6.45) is 1.20. The molecule has 2 aromatic carbocycles. The van der Waals surface area contributed by atoms with Crippen LogP contribution in [-0.4, -0.2) is 55.4 Å². The molecule has 36 heavy (non-hydrogen) atoms. The highest BCUT2D eigenvalue weighted by Crippen LogP contribution is 2.24. The van der Waals surface area contributed by atoms with Crippen LogP contribution in [0, 0.1) is 16.0 Å². The molecule has 1 atom stereocenters. The summed E-state index contributed by atoms with van der Waals surface area (Å²) in [5.41, 5.74) is 0.360. The first kappa shape index (κ1) is 29.1.